The topological polar surface area (TPSA) is 41.0 Å². The van der Waals surface area contributed by atoms with Crippen molar-refractivity contribution < 1.29 is 4.39 Å². The molecule has 1 aromatic carbocycles. The molecule has 1 N–H and O–H groups in total. The molecule has 1 aliphatic rings. The first-order valence-electron chi connectivity index (χ1n) is 7.25. The molecule has 0 spiro atoms. The SMILES string of the molecule is CN1CCC[C@@H](Nc2ccc(-c3ccc(F)cc3)nn2)C1. The fourth-order valence-corrected chi connectivity index (χ4v) is 2.68. The van der Waals surface area contributed by atoms with Gasteiger partial charge in [0, 0.05) is 18.2 Å². The average Bonchev–Trinajstić information content (AvgIpc) is 2.49. The van der Waals surface area contributed by atoms with E-state index in [1.165, 1.54) is 18.6 Å². The van der Waals surface area contributed by atoms with Crippen LogP contribution in [0.25, 0.3) is 11.3 Å². The minimum Gasteiger partial charge on any atom is -0.365 e. The van der Waals surface area contributed by atoms with E-state index in [-0.39, 0.29) is 5.82 Å². The normalized spacial score (nSPS) is 19.4. The van der Waals surface area contributed by atoms with Crippen LogP contribution in [-0.2, 0) is 0 Å². The number of anilines is 1. The molecule has 0 unspecified atom stereocenters. The lowest BCUT2D eigenvalue weighted by atomic mass is 10.1. The summed E-state index contributed by atoms with van der Waals surface area (Å²) in [6, 6.07) is 10.6. The van der Waals surface area contributed by atoms with Crippen LogP contribution >= 0.6 is 0 Å². The van der Waals surface area contributed by atoms with Crippen LogP contribution in [0.5, 0.6) is 0 Å². The van der Waals surface area contributed by atoms with E-state index >= 15 is 0 Å². The highest BCUT2D eigenvalue weighted by Crippen LogP contribution is 2.18. The molecule has 1 fully saturated rings. The summed E-state index contributed by atoms with van der Waals surface area (Å²) >= 11 is 0. The summed E-state index contributed by atoms with van der Waals surface area (Å²) in [6.07, 6.45) is 2.36. The van der Waals surface area contributed by atoms with Crippen molar-refractivity contribution in [3.05, 3.63) is 42.2 Å². The minimum absolute atomic E-state index is 0.244. The lowest BCUT2D eigenvalue weighted by molar-refractivity contribution is 0.260. The number of aromatic nitrogens is 2. The second-order valence-electron chi connectivity index (χ2n) is 5.56. The van der Waals surface area contributed by atoms with Gasteiger partial charge in [0.25, 0.3) is 0 Å². The van der Waals surface area contributed by atoms with Crippen LogP contribution < -0.4 is 5.32 Å². The molecule has 2 aromatic rings. The molecule has 0 bridgehead atoms. The Bertz CT molecular complexity index is 582. The number of benzene rings is 1. The van der Waals surface area contributed by atoms with E-state index in [1.54, 1.807) is 12.1 Å². The standard InChI is InChI=1S/C16H19FN4/c1-21-10-2-3-14(11-21)18-16-9-8-15(19-20-16)12-4-6-13(17)7-5-12/h4-9,14H,2-3,10-11H2,1H3,(H,18,20)/t14-/m1/s1. The van der Waals surface area contributed by atoms with Crippen molar-refractivity contribution in [1.29, 1.82) is 0 Å². The van der Waals surface area contributed by atoms with Crippen molar-refractivity contribution in [3.8, 4) is 11.3 Å². The first kappa shape index (κ1) is 13.9. The Hall–Kier alpha value is -2.01. The number of likely N-dealkylation sites (N-methyl/N-ethyl adjacent to an activating group) is 1. The van der Waals surface area contributed by atoms with E-state index in [2.05, 4.69) is 27.5 Å². The number of halogens is 1. The molecule has 1 saturated heterocycles. The molecule has 5 heteroatoms. The summed E-state index contributed by atoms with van der Waals surface area (Å²) in [5.41, 5.74) is 1.62. The summed E-state index contributed by atoms with van der Waals surface area (Å²) in [7, 11) is 2.14. The third-order valence-electron chi connectivity index (χ3n) is 3.78. The van der Waals surface area contributed by atoms with Gasteiger partial charge in [-0.25, -0.2) is 4.39 Å². The van der Waals surface area contributed by atoms with Gasteiger partial charge in [-0.15, -0.1) is 10.2 Å². The highest BCUT2D eigenvalue weighted by atomic mass is 19.1. The summed E-state index contributed by atoms with van der Waals surface area (Å²) in [5.74, 6) is 0.549. The average molecular weight is 286 g/mol. The lowest BCUT2D eigenvalue weighted by Crippen LogP contribution is -2.39. The molecule has 4 nitrogen and oxygen atoms in total. The van der Waals surface area contributed by atoms with Crippen LogP contribution in [0, 0.1) is 5.82 Å². The number of nitrogens with zero attached hydrogens (tertiary/aromatic N) is 3. The predicted molar refractivity (Wildman–Crippen MR) is 81.6 cm³/mol. The molecular weight excluding hydrogens is 267 g/mol. The quantitative estimate of drug-likeness (QED) is 0.942. The Morgan fingerprint density at radius 2 is 1.95 bits per heavy atom. The Morgan fingerprint density at radius 1 is 1.14 bits per heavy atom. The highest BCUT2D eigenvalue weighted by molar-refractivity contribution is 5.59. The Balaban J connectivity index is 1.67. The number of nitrogens with one attached hydrogen (secondary N) is 1. The molecule has 2 heterocycles. The van der Waals surface area contributed by atoms with Gasteiger partial charge >= 0.3 is 0 Å². The van der Waals surface area contributed by atoms with E-state index < -0.39 is 0 Å². The Labute approximate surface area is 124 Å². The summed E-state index contributed by atoms with van der Waals surface area (Å²) in [5, 5.41) is 11.9. The van der Waals surface area contributed by atoms with Crippen LogP contribution in [0.1, 0.15) is 12.8 Å². The first-order valence-corrected chi connectivity index (χ1v) is 7.25. The van der Waals surface area contributed by atoms with Crippen LogP contribution in [0.2, 0.25) is 0 Å². The zero-order chi connectivity index (χ0) is 14.7. The lowest BCUT2D eigenvalue weighted by Gasteiger charge is -2.30. The second kappa shape index (κ2) is 6.18. The Kier molecular flexibility index (Phi) is 4.10. The largest absolute Gasteiger partial charge is 0.365 e. The maximum atomic E-state index is 12.9. The molecule has 1 aliphatic heterocycles. The van der Waals surface area contributed by atoms with Gasteiger partial charge in [0.05, 0.1) is 5.69 Å². The zero-order valence-corrected chi connectivity index (χ0v) is 12.1. The van der Waals surface area contributed by atoms with E-state index in [1.807, 2.05) is 12.1 Å². The van der Waals surface area contributed by atoms with Crippen molar-refractivity contribution in [3.63, 3.8) is 0 Å². The van der Waals surface area contributed by atoms with E-state index in [9.17, 15) is 4.39 Å². The van der Waals surface area contributed by atoms with Crippen molar-refractivity contribution >= 4 is 5.82 Å². The maximum absolute atomic E-state index is 12.9. The minimum atomic E-state index is -0.244. The number of likely N-dealkylation sites (tertiary alicyclic amines) is 1. The monoisotopic (exact) mass is 286 g/mol. The smallest absolute Gasteiger partial charge is 0.148 e. The van der Waals surface area contributed by atoms with Gasteiger partial charge in [-0.05, 0) is 62.8 Å². The highest BCUT2D eigenvalue weighted by Gasteiger charge is 2.17. The van der Waals surface area contributed by atoms with Crippen molar-refractivity contribution in [1.82, 2.24) is 15.1 Å². The third kappa shape index (κ3) is 3.55. The molecule has 21 heavy (non-hydrogen) atoms. The number of hydrogen-bond donors (Lipinski definition) is 1. The molecule has 0 aliphatic carbocycles. The number of hydrogen-bond acceptors (Lipinski definition) is 4. The molecule has 1 atom stereocenters. The number of rotatable bonds is 3. The van der Waals surface area contributed by atoms with Crippen LogP contribution in [0.3, 0.4) is 0 Å². The molecule has 3 rings (SSSR count). The fraction of sp³-hybridized carbons (Fsp3) is 0.375. The molecule has 0 saturated carbocycles. The maximum Gasteiger partial charge on any atom is 0.148 e. The van der Waals surface area contributed by atoms with Crippen molar-refractivity contribution in [2.24, 2.45) is 0 Å². The van der Waals surface area contributed by atoms with Gasteiger partial charge in [-0.2, -0.15) is 0 Å². The van der Waals surface area contributed by atoms with E-state index in [0.29, 0.717) is 6.04 Å². The van der Waals surface area contributed by atoms with E-state index in [4.69, 9.17) is 0 Å². The van der Waals surface area contributed by atoms with E-state index in [0.717, 1.165) is 36.6 Å². The summed E-state index contributed by atoms with van der Waals surface area (Å²) in [4.78, 5) is 2.32. The Morgan fingerprint density at radius 3 is 2.62 bits per heavy atom. The van der Waals surface area contributed by atoms with Gasteiger partial charge in [0.15, 0.2) is 0 Å². The second-order valence-corrected chi connectivity index (χ2v) is 5.56. The van der Waals surface area contributed by atoms with Gasteiger partial charge in [0.2, 0.25) is 0 Å². The number of piperidine rings is 1. The predicted octanol–water partition coefficient (Wildman–Crippen LogP) is 2.79. The van der Waals surface area contributed by atoms with Crippen LogP contribution in [0.4, 0.5) is 10.2 Å². The van der Waals surface area contributed by atoms with Crippen LogP contribution in [0.15, 0.2) is 36.4 Å². The first-order chi connectivity index (χ1) is 10.2. The van der Waals surface area contributed by atoms with Gasteiger partial charge in [-0.1, -0.05) is 0 Å². The molecule has 0 radical (unpaired) electrons. The summed E-state index contributed by atoms with van der Waals surface area (Å²) in [6.45, 7) is 2.19. The van der Waals surface area contributed by atoms with Gasteiger partial charge in [0.1, 0.15) is 11.6 Å². The van der Waals surface area contributed by atoms with Crippen molar-refractivity contribution in [2.45, 2.75) is 18.9 Å². The van der Waals surface area contributed by atoms with Crippen LogP contribution in [-0.4, -0.2) is 41.3 Å². The van der Waals surface area contributed by atoms with Gasteiger partial charge in [-0.3, -0.25) is 0 Å². The van der Waals surface area contributed by atoms with Crippen molar-refractivity contribution in [2.75, 3.05) is 25.5 Å². The molecule has 0 amide bonds. The third-order valence-corrected chi connectivity index (χ3v) is 3.78. The fourth-order valence-electron chi connectivity index (χ4n) is 2.68. The molecular formula is C16H19FN4. The van der Waals surface area contributed by atoms with Gasteiger partial charge < -0.3 is 10.2 Å². The molecule has 1 aromatic heterocycles. The molecule has 110 valence electrons. The summed E-state index contributed by atoms with van der Waals surface area (Å²) < 4.78 is 12.9. The zero-order valence-electron chi connectivity index (χ0n) is 12.1.